The molecule has 2 aromatic carbocycles. The average Bonchev–Trinajstić information content (AvgIpc) is 3.26. The van der Waals surface area contributed by atoms with Gasteiger partial charge >= 0.3 is 0 Å². The lowest BCUT2D eigenvalue weighted by Gasteiger charge is -2.10. The molecule has 0 bridgehead atoms. The molecule has 4 rings (SSSR count). The summed E-state index contributed by atoms with van der Waals surface area (Å²) in [4.78, 5) is 4.70. The van der Waals surface area contributed by atoms with E-state index >= 15 is 0 Å². The van der Waals surface area contributed by atoms with E-state index in [4.69, 9.17) is 22.3 Å². The molecule has 104 valence electrons. The zero-order valence-corrected chi connectivity index (χ0v) is 12.3. The SMILES string of the molecule is NC1(c2ccc(-c3cc(Cl)c4ccccc4n3)cc2)CC1. The normalized spacial score (nSPS) is 16.1. The minimum absolute atomic E-state index is 0.0903. The van der Waals surface area contributed by atoms with Crippen molar-refractivity contribution in [3.05, 3.63) is 65.2 Å². The van der Waals surface area contributed by atoms with Gasteiger partial charge in [0.05, 0.1) is 16.2 Å². The van der Waals surface area contributed by atoms with Crippen molar-refractivity contribution < 1.29 is 0 Å². The highest BCUT2D eigenvalue weighted by molar-refractivity contribution is 6.35. The quantitative estimate of drug-likeness (QED) is 0.755. The zero-order valence-electron chi connectivity index (χ0n) is 11.5. The summed E-state index contributed by atoms with van der Waals surface area (Å²) in [6, 6.07) is 18.2. The summed E-state index contributed by atoms with van der Waals surface area (Å²) in [5.74, 6) is 0. The van der Waals surface area contributed by atoms with Gasteiger partial charge in [-0.25, -0.2) is 4.98 Å². The lowest BCUT2D eigenvalue weighted by atomic mass is 10.0. The molecule has 3 aromatic rings. The molecule has 3 heteroatoms. The third-order valence-corrected chi connectivity index (χ3v) is 4.52. The van der Waals surface area contributed by atoms with Crippen LogP contribution in [-0.4, -0.2) is 4.98 Å². The van der Waals surface area contributed by atoms with Crippen LogP contribution < -0.4 is 5.73 Å². The maximum atomic E-state index is 6.37. The average molecular weight is 295 g/mol. The third-order valence-electron chi connectivity index (χ3n) is 4.21. The molecular formula is C18H15ClN2. The molecule has 1 heterocycles. The minimum atomic E-state index is -0.0903. The standard InChI is InChI=1S/C18H15ClN2/c19-15-11-17(21-16-4-2-1-3-14(15)16)12-5-7-13(8-6-12)18(20)9-10-18/h1-8,11H,9-10,20H2. The molecular weight excluding hydrogens is 280 g/mol. The number of fused-ring (bicyclic) bond motifs is 1. The first-order chi connectivity index (χ1) is 10.2. The Labute approximate surface area is 128 Å². The maximum Gasteiger partial charge on any atom is 0.0724 e. The van der Waals surface area contributed by atoms with E-state index < -0.39 is 0 Å². The molecule has 0 aliphatic heterocycles. The maximum absolute atomic E-state index is 6.37. The van der Waals surface area contributed by atoms with Gasteiger partial charge in [-0.15, -0.1) is 0 Å². The Morgan fingerprint density at radius 1 is 1.00 bits per heavy atom. The topological polar surface area (TPSA) is 38.9 Å². The van der Waals surface area contributed by atoms with Gasteiger partial charge in [0.25, 0.3) is 0 Å². The van der Waals surface area contributed by atoms with Crippen LogP contribution in [0.25, 0.3) is 22.2 Å². The first-order valence-corrected chi connectivity index (χ1v) is 7.49. The van der Waals surface area contributed by atoms with Crippen molar-refractivity contribution in [1.29, 1.82) is 0 Å². The monoisotopic (exact) mass is 294 g/mol. The second-order valence-electron chi connectivity index (χ2n) is 5.74. The van der Waals surface area contributed by atoms with E-state index in [1.54, 1.807) is 0 Å². The molecule has 1 aliphatic rings. The van der Waals surface area contributed by atoms with E-state index in [9.17, 15) is 0 Å². The van der Waals surface area contributed by atoms with Crippen LogP contribution in [0.2, 0.25) is 5.02 Å². The first kappa shape index (κ1) is 12.8. The Balaban J connectivity index is 1.79. The summed E-state index contributed by atoms with van der Waals surface area (Å²) < 4.78 is 0. The van der Waals surface area contributed by atoms with Crippen molar-refractivity contribution in [2.45, 2.75) is 18.4 Å². The Morgan fingerprint density at radius 2 is 1.71 bits per heavy atom. The Kier molecular flexibility index (Phi) is 2.78. The van der Waals surface area contributed by atoms with Crippen molar-refractivity contribution in [3.8, 4) is 11.3 Å². The van der Waals surface area contributed by atoms with Gasteiger partial charge in [0.15, 0.2) is 0 Å². The molecule has 21 heavy (non-hydrogen) atoms. The van der Waals surface area contributed by atoms with Crippen LogP contribution in [-0.2, 0) is 5.54 Å². The van der Waals surface area contributed by atoms with Crippen molar-refractivity contribution in [3.63, 3.8) is 0 Å². The van der Waals surface area contributed by atoms with E-state index in [0.29, 0.717) is 0 Å². The second-order valence-corrected chi connectivity index (χ2v) is 6.15. The number of nitrogens with two attached hydrogens (primary N) is 1. The minimum Gasteiger partial charge on any atom is -0.321 e. The second kappa shape index (κ2) is 4.55. The predicted octanol–water partition coefficient (Wildman–Crippen LogP) is 4.50. The van der Waals surface area contributed by atoms with Crippen LogP contribution in [0.1, 0.15) is 18.4 Å². The molecule has 0 spiro atoms. The lowest BCUT2D eigenvalue weighted by Crippen LogP contribution is -2.18. The molecule has 1 saturated carbocycles. The van der Waals surface area contributed by atoms with E-state index in [1.165, 1.54) is 5.56 Å². The number of halogens is 1. The summed E-state index contributed by atoms with van der Waals surface area (Å²) in [6.07, 6.45) is 2.15. The number of benzene rings is 2. The fourth-order valence-corrected chi connectivity index (χ4v) is 2.94. The number of hydrogen-bond donors (Lipinski definition) is 1. The van der Waals surface area contributed by atoms with Crippen LogP contribution in [0, 0.1) is 0 Å². The molecule has 2 nitrogen and oxygen atoms in total. The number of aromatic nitrogens is 1. The molecule has 0 saturated heterocycles. The first-order valence-electron chi connectivity index (χ1n) is 7.11. The largest absolute Gasteiger partial charge is 0.321 e. The summed E-state index contributed by atoms with van der Waals surface area (Å²) in [5, 5.41) is 1.72. The highest BCUT2D eigenvalue weighted by atomic mass is 35.5. The fourth-order valence-electron chi connectivity index (χ4n) is 2.68. The van der Waals surface area contributed by atoms with Crippen LogP contribution in [0.3, 0.4) is 0 Å². The van der Waals surface area contributed by atoms with Gasteiger partial charge in [0, 0.05) is 16.5 Å². The summed E-state index contributed by atoms with van der Waals surface area (Å²) in [6.45, 7) is 0. The van der Waals surface area contributed by atoms with E-state index in [0.717, 1.165) is 40.0 Å². The van der Waals surface area contributed by atoms with Crippen LogP contribution >= 0.6 is 11.6 Å². The van der Waals surface area contributed by atoms with Gasteiger partial charge in [0.1, 0.15) is 0 Å². The van der Waals surface area contributed by atoms with Gasteiger partial charge in [-0.3, -0.25) is 0 Å². The molecule has 0 atom stereocenters. The van der Waals surface area contributed by atoms with Crippen LogP contribution in [0.15, 0.2) is 54.6 Å². The Hall–Kier alpha value is -1.90. The molecule has 0 radical (unpaired) electrons. The zero-order chi connectivity index (χ0) is 14.4. The Bertz CT molecular complexity index is 820. The van der Waals surface area contributed by atoms with E-state index in [2.05, 4.69) is 24.3 Å². The summed E-state index contributed by atoms with van der Waals surface area (Å²) in [5.41, 5.74) is 10.2. The van der Waals surface area contributed by atoms with Gasteiger partial charge in [-0.1, -0.05) is 54.1 Å². The van der Waals surface area contributed by atoms with Crippen molar-refractivity contribution in [1.82, 2.24) is 4.98 Å². The van der Waals surface area contributed by atoms with E-state index in [1.807, 2.05) is 30.3 Å². The van der Waals surface area contributed by atoms with Gasteiger partial charge < -0.3 is 5.73 Å². The molecule has 0 amide bonds. The summed E-state index contributed by atoms with van der Waals surface area (Å²) >= 11 is 6.37. The molecule has 1 aromatic heterocycles. The molecule has 0 unspecified atom stereocenters. The molecule has 2 N–H and O–H groups in total. The lowest BCUT2D eigenvalue weighted by molar-refractivity contribution is 0.740. The fraction of sp³-hybridized carbons (Fsp3) is 0.167. The smallest absolute Gasteiger partial charge is 0.0724 e. The number of nitrogens with zero attached hydrogens (tertiary/aromatic N) is 1. The molecule has 1 aliphatic carbocycles. The third kappa shape index (κ3) is 2.21. The number of rotatable bonds is 2. The number of para-hydroxylation sites is 1. The van der Waals surface area contributed by atoms with Crippen molar-refractivity contribution >= 4 is 22.5 Å². The van der Waals surface area contributed by atoms with Crippen molar-refractivity contribution in [2.24, 2.45) is 5.73 Å². The highest BCUT2D eigenvalue weighted by Crippen LogP contribution is 2.43. The van der Waals surface area contributed by atoms with Gasteiger partial charge in [0.2, 0.25) is 0 Å². The molecule has 1 fully saturated rings. The number of hydrogen-bond acceptors (Lipinski definition) is 2. The van der Waals surface area contributed by atoms with Crippen molar-refractivity contribution in [2.75, 3.05) is 0 Å². The number of pyridine rings is 1. The van der Waals surface area contributed by atoms with Gasteiger partial charge in [-0.05, 0) is 30.5 Å². The van der Waals surface area contributed by atoms with Crippen LogP contribution in [0.4, 0.5) is 0 Å². The van der Waals surface area contributed by atoms with Crippen LogP contribution in [0.5, 0.6) is 0 Å². The summed E-state index contributed by atoms with van der Waals surface area (Å²) in [7, 11) is 0. The van der Waals surface area contributed by atoms with E-state index in [-0.39, 0.29) is 5.54 Å². The Morgan fingerprint density at radius 3 is 2.43 bits per heavy atom. The highest BCUT2D eigenvalue weighted by Gasteiger charge is 2.39. The van der Waals surface area contributed by atoms with Gasteiger partial charge in [-0.2, -0.15) is 0 Å². The predicted molar refractivity (Wildman–Crippen MR) is 87.3 cm³/mol.